The molecular formula is C8H6BrNO3. The summed E-state index contributed by atoms with van der Waals surface area (Å²) in [7, 11) is 0. The molecule has 0 saturated carbocycles. The van der Waals surface area contributed by atoms with Crippen LogP contribution in [0.1, 0.15) is 6.92 Å². The molecule has 0 unspecified atom stereocenters. The molecule has 0 N–H and O–H groups in total. The standard InChI is InChI=1S/C8H6BrNO3/c1-5(11)13-10-6-2-3-8(12)7(9)4-6/h2-4H,1H3. The predicted octanol–water partition coefficient (Wildman–Crippen LogP) is 1.32. The van der Waals surface area contributed by atoms with Crippen molar-refractivity contribution in [3.63, 3.8) is 0 Å². The molecule has 0 bridgehead atoms. The fraction of sp³-hybridized carbons (Fsp3) is 0.125. The fourth-order valence-electron chi connectivity index (χ4n) is 0.664. The Bertz CT molecular complexity index is 341. The number of hydrogen-bond acceptors (Lipinski definition) is 4. The molecular weight excluding hydrogens is 238 g/mol. The zero-order valence-corrected chi connectivity index (χ0v) is 8.37. The summed E-state index contributed by atoms with van der Waals surface area (Å²) in [6, 6.07) is 0. The van der Waals surface area contributed by atoms with E-state index in [-0.39, 0.29) is 5.78 Å². The van der Waals surface area contributed by atoms with Crippen LogP contribution in [-0.4, -0.2) is 17.5 Å². The van der Waals surface area contributed by atoms with Gasteiger partial charge in [-0.15, -0.1) is 0 Å². The van der Waals surface area contributed by atoms with Crippen LogP contribution in [-0.2, 0) is 14.4 Å². The average Bonchev–Trinajstić information content (AvgIpc) is 2.07. The lowest BCUT2D eigenvalue weighted by atomic mass is 10.2. The highest BCUT2D eigenvalue weighted by Gasteiger charge is 2.08. The van der Waals surface area contributed by atoms with Crippen LogP contribution in [0.15, 0.2) is 27.9 Å². The third kappa shape index (κ3) is 2.95. The van der Waals surface area contributed by atoms with Gasteiger partial charge in [0.05, 0.1) is 4.48 Å². The van der Waals surface area contributed by atoms with Gasteiger partial charge in [-0.2, -0.15) is 0 Å². The van der Waals surface area contributed by atoms with Crippen molar-refractivity contribution in [2.24, 2.45) is 5.16 Å². The van der Waals surface area contributed by atoms with E-state index >= 15 is 0 Å². The number of rotatable bonds is 1. The van der Waals surface area contributed by atoms with Crippen LogP contribution in [0.5, 0.6) is 0 Å². The van der Waals surface area contributed by atoms with Crippen molar-refractivity contribution in [3.05, 3.63) is 22.7 Å². The minimum atomic E-state index is -0.498. The first-order valence-corrected chi connectivity index (χ1v) is 4.24. The van der Waals surface area contributed by atoms with Gasteiger partial charge in [0.2, 0.25) is 0 Å². The van der Waals surface area contributed by atoms with Gasteiger partial charge >= 0.3 is 5.97 Å². The molecule has 0 fully saturated rings. The molecule has 1 aliphatic rings. The third-order valence-corrected chi connectivity index (χ3v) is 1.81. The Balaban J connectivity index is 2.74. The number of carbonyl (C=O) groups is 2. The van der Waals surface area contributed by atoms with Gasteiger partial charge in [0, 0.05) is 6.92 Å². The first-order chi connectivity index (χ1) is 6.09. The smallest absolute Gasteiger partial charge is 0.318 e. The largest absolute Gasteiger partial charge is 0.331 e. The molecule has 0 aromatic rings. The average molecular weight is 244 g/mol. The van der Waals surface area contributed by atoms with E-state index in [1.807, 2.05) is 0 Å². The van der Waals surface area contributed by atoms with Crippen molar-refractivity contribution in [3.8, 4) is 0 Å². The summed E-state index contributed by atoms with van der Waals surface area (Å²) in [5, 5.41) is 3.49. The molecule has 0 amide bonds. The quantitative estimate of drug-likeness (QED) is 0.397. The number of carbonyl (C=O) groups excluding carboxylic acids is 2. The van der Waals surface area contributed by atoms with Gasteiger partial charge in [0.1, 0.15) is 5.71 Å². The lowest BCUT2D eigenvalue weighted by Gasteiger charge is -2.00. The molecule has 4 nitrogen and oxygen atoms in total. The molecule has 0 radical (unpaired) electrons. The second-order valence-electron chi connectivity index (χ2n) is 2.29. The van der Waals surface area contributed by atoms with E-state index in [1.165, 1.54) is 25.2 Å². The molecule has 68 valence electrons. The van der Waals surface area contributed by atoms with Crippen molar-refractivity contribution in [2.45, 2.75) is 6.92 Å². The highest BCUT2D eigenvalue weighted by molar-refractivity contribution is 9.12. The highest BCUT2D eigenvalue weighted by Crippen LogP contribution is 2.12. The van der Waals surface area contributed by atoms with Gasteiger partial charge in [0.25, 0.3) is 0 Å². The van der Waals surface area contributed by atoms with Gasteiger partial charge in [0.15, 0.2) is 5.78 Å². The minimum absolute atomic E-state index is 0.137. The molecule has 0 spiro atoms. The van der Waals surface area contributed by atoms with E-state index in [9.17, 15) is 9.59 Å². The van der Waals surface area contributed by atoms with Crippen LogP contribution in [0.25, 0.3) is 0 Å². The fourth-order valence-corrected chi connectivity index (χ4v) is 1.03. The predicted molar refractivity (Wildman–Crippen MR) is 50.4 cm³/mol. The van der Waals surface area contributed by atoms with Crippen LogP contribution >= 0.6 is 15.9 Å². The summed E-state index contributed by atoms with van der Waals surface area (Å²) in [5.41, 5.74) is 0.418. The Morgan fingerprint density at radius 2 is 2.23 bits per heavy atom. The van der Waals surface area contributed by atoms with Crippen molar-refractivity contribution in [2.75, 3.05) is 0 Å². The monoisotopic (exact) mass is 243 g/mol. The van der Waals surface area contributed by atoms with Gasteiger partial charge in [-0.05, 0) is 34.2 Å². The van der Waals surface area contributed by atoms with Crippen LogP contribution in [0.2, 0.25) is 0 Å². The maximum absolute atomic E-state index is 10.9. The molecule has 0 aromatic carbocycles. The van der Waals surface area contributed by atoms with E-state index in [4.69, 9.17) is 0 Å². The third-order valence-electron chi connectivity index (χ3n) is 1.20. The van der Waals surface area contributed by atoms with Crippen LogP contribution in [0.4, 0.5) is 0 Å². The Labute approximate surface area is 83.1 Å². The van der Waals surface area contributed by atoms with E-state index in [2.05, 4.69) is 25.9 Å². The van der Waals surface area contributed by atoms with Gasteiger partial charge in [-0.1, -0.05) is 5.16 Å². The van der Waals surface area contributed by atoms with E-state index in [1.54, 1.807) is 0 Å². The van der Waals surface area contributed by atoms with Crippen molar-refractivity contribution in [1.29, 1.82) is 0 Å². The number of oxime groups is 1. The number of nitrogens with zero attached hydrogens (tertiary/aromatic N) is 1. The van der Waals surface area contributed by atoms with Crippen molar-refractivity contribution in [1.82, 2.24) is 0 Å². The van der Waals surface area contributed by atoms with Crippen LogP contribution in [0.3, 0.4) is 0 Å². The first-order valence-electron chi connectivity index (χ1n) is 3.45. The Morgan fingerprint density at radius 3 is 2.77 bits per heavy atom. The van der Waals surface area contributed by atoms with E-state index in [0.717, 1.165) is 0 Å². The lowest BCUT2D eigenvalue weighted by Crippen LogP contribution is -2.04. The summed E-state index contributed by atoms with van der Waals surface area (Å²) >= 11 is 3.04. The summed E-state index contributed by atoms with van der Waals surface area (Å²) in [6.07, 6.45) is 4.29. The topological polar surface area (TPSA) is 55.7 Å². The van der Waals surface area contributed by atoms with E-state index < -0.39 is 5.97 Å². The second-order valence-corrected chi connectivity index (χ2v) is 3.14. The van der Waals surface area contributed by atoms with Gasteiger partial charge < -0.3 is 4.84 Å². The summed E-state index contributed by atoms with van der Waals surface area (Å²) in [4.78, 5) is 25.7. The number of halogens is 1. The number of hydrogen-bond donors (Lipinski definition) is 0. The maximum Gasteiger partial charge on any atom is 0.331 e. The molecule has 0 saturated heterocycles. The van der Waals surface area contributed by atoms with E-state index in [0.29, 0.717) is 10.2 Å². The molecule has 1 aliphatic carbocycles. The summed E-state index contributed by atoms with van der Waals surface area (Å²) in [6.45, 7) is 1.25. The van der Waals surface area contributed by atoms with Crippen molar-refractivity contribution >= 4 is 33.4 Å². The molecule has 5 heteroatoms. The molecule has 1 rings (SSSR count). The second kappa shape index (κ2) is 4.13. The lowest BCUT2D eigenvalue weighted by molar-refractivity contribution is -0.140. The normalized spacial score (nSPS) is 18.8. The van der Waals surface area contributed by atoms with Crippen LogP contribution < -0.4 is 0 Å². The first kappa shape index (κ1) is 9.85. The Morgan fingerprint density at radius 1 is 1.54 bits per heavy atom. The molecule has 0 heterocycles. The van der Waals surface area contributed by atoms with Crippen LogP contribution in [0, 0.1) is 0 Å². The molecule has 0 aromatic heterocycles. The van der Waals surface area contributed by atoms with Gasteiger partial charge in [-0.25, -0.2) is 4.79 Å². The zero-order valence-electron chi connectivity index (χ0n) is 6.78. The molecule has 0 aliphatic heterocycles. The molecule has 0 atom stereocenters. The number of ketones is 1. The summed E-state index contributed by atoms with van der Waals surface area (Å²) < 4.78 is 0.390. The van der Waals surface area contributed by atoms with Crippen molar-refractivity contribution < 1.29 is 14.4 Å². The highest BCUT2D eigenvalue weighted by atomic mass is 79.9. The minimum Gasteiger partial charge on any atom is -0.318 e. The Kier molecular flexibility index (Phi) is 3.13. The SMILES string of the molecule is CC(=O)ON=C1C=CC(=O)C(Br)=C1. The Hall–Kier alpha value is -1.23. The zero-order chi connectivity index (χ0) is 9.84. The molecule has 13 heavy (non-hydrogen) atoms. The van der Waals surface area contributed by atoms with Gasteiger partial charge in [-0.3, -0.25) is 4.79 Å². The summed E-state index contributed by atoms with van der Waals surface area (Å²) in [5.74, 6) is -0.635. The number of allylic oxidation sites excluding steroid dienone is 4. The maximum atomic E-state index is 10.9.